The van der Waals surface area contributed by atoms with Crippen LogP contribution in [0.1, 0.15) is 0 Å². The monoisotopic (exact) mass is 391 g/mol. The van der Waals surface area contributed by atoms with Crippen molar-refractivity contribution in [2.24, 2.45) is 0 Å². The molecule has 122 valence electrons. The molecule has 0 saturated carbocycles. The van der Waals surface area contributed by atoms with E-state index in [-0.39, 0.29) is 0 Å². The van der Waals surface area contributed by atoms with E-state index < -0.39 is 8.07 Å². The summed E-state index contributed by atoms with van der Waals surface area (Å²) >= 11 is 3.51. The number of benzene rings is 1. The maximum absolute atomic E-state index is 5.86. The van der Waals surface area contributed by atoms with Gasteiger partial charge in [-0.1, -0.05) is 41.6 Å². The van der Waals surface area contributed by atoms with Crippen LogP contribution in [0.2, 0.25) is 25.7 Å². The summed E-state index contributed by atoms with van der Waals surface area (Å²) in [5.41, 5.74) is 2.20. The summed E-state index contributed by atoms with van der Waals surface area (Å²) in [7, 11) is -1.05. The van der Waals surface area contributed by atoms with Crippen LogP contribution in [0.4, 0.5) is 0 Å². The average molecular weight is 392 g/mol. The summed E-state index contributed by atoms with van der Waals surface area (Å²) in [6.07, 6.45) is 5.81. The van der Waals surface area contributed by atoms with Gasteiger partial charge in [-0.05, 0) is 18.2 Å². The predicted octanol–water partition coefficient (Wildman–Crippen LogP) is 5.11. The van der Waals surface area contributed by atoms with E-state index in [1.165, 1.54) is 11.4 Å². The number of rotatable bonds is 6. The van der Waals surface area contributed by atoms with Gasteiger partial charge in [0.25, 0.3) is 0 Å². The van der Waals surface area contributed by atoms with Crippen molar-refractivity contribution in [3.8, 4) is 11.4 Å². The number of nitrogens with one attached hydrogen (secondary N) is 1. The number of nitrogens with zero attached hydrogens (tertiary/aromatic N) is 2. The first-order valence-corrected chi connectivity index (χ1v) is 12.3. The third-order valence-corrected chi connectivity index (χ3v) is 6.02. The molecule has 0 radical (unpaired) electrons. The molecule has 0 spiro atoms. The van der Waals surface area contributed by atoms with Crippen molar-refractivity contribution in [3.63, 3.8) is 0 Å². The van der Waals surface area contributed by atoms with E-state index in [1.54, 1.807) is 0 Å². The molecule has 0 aliphatic heterocycles. The number of aromatic amines is 1. The van der Waals surface area contributed by atoms with Gasteiger partial charge in [-0.15, -0.1) is 0 Å². The second-order valence-electron chi connectivity index (χ2n) is 6.96. The SMILES string of the molecule is C[Si](C)(C)CCOCn1ccnc1-c1c[nH]c2cc(Br)ccc12. The van der Waals surface area contributed by atoms with Gasteiger partial charge < -0.3 is 14.3 Å². The average Bonchev–Trinajstić information content (AvgIpc) is 3.08. The van der Waals surface area contributed by atoms with E-state index in [9.17, 15) is 0 Å². The number of fused-ring (bicyclic) bond motifs is 1. The molecule has 0 aliphatic rings. The first-order valence-electron chi connectivity index (χ1n) is 7.80. The molecule has 2 heterocycles. The normalized spacial score (nSPS) is 12.2. The van der Waals surface area contributed by atoms with Crippen LogP contribution in [-0.2, 0) is 11.5 Å². The Hall–Kier alpha value is -1.37. The Balaban J connectivity index is 1.77. The lowest BCUT2D eigenvalue weighted by Gasteiger charge is -2.16. The van der Waals surface area contributed by atoms with Gasteiger partial charge in [0.1, 0.15) is 12.6 Å². The fourth-order valence-electron chi connectivity index (χ4n) is 2.48. The predicted molar refractivity (Wildman–Crippen MR) is 101 cm³/mol. The first kappa shape index (κ1) is 16.5. The highest BCUT2D eigenvalue weighted by molar-refractivity contribution is 9.10. The maximum Gasteiger partial charge on any atom is 0.143 e. The molecule has 1 N–H and O–H groups in total. The number of H-pyrrole nitrogens is 1. The highest BCUT2D eigenvalue weighted by atomic mass is 79.9. The van der Waals surface area contributed by atoms with E-state index in [1.807, 2.05) is 18.6 Å². The molecule has 23 heavy (non-hydrogen) atoms. The van der Waals surface area contributed by atoms with Gasteiger partial charge in [-0.2, -0.15) is 0 Å². The molecular weight excluding hydrogens is 370 g/mol. The molecular formula is C17H22BrN3OSi. The maximum atomic E-state index is 5.86. The Morgan fingerprint density at radius 3 is 2.91 bits per heavy atom. The van der Waals surface area contributed by atoms with Gasteiger partial charge in [-0.3, -0.25) is 0 Å². The smallest absolute Gasteiger partial charge is 0.143 e. The molecule has 0 atom stereocenters. The first-order chi connectivity index (χ1) is 10.9. The molecule has 2 aromatic heterocycles. The molecule has 0 bridgehead atoms. The van der Waals surface area contributed by atoms with Crippen LogP contribution < -0.4 is 0 Å². The van der Waals surface area contributed by atoms with Gasteiger partial charge >= 0.3 is 0 Å². The fourth-order valence-corrected chi connectivity index (χ4v) is 3.60. The van der Waals surface area contributed by atoms with E-state index in [2.05, 4.69) is 68.3 Å². The zero-order valence-electron chi connectivity index (χ0n) is 13.8. The molecule has 0 unspecified atom stereocenters. The van der Waals surface area contributed by atoms with Crippen LogP contribution in [0.3, 0.4) is 0 Å². The lowest BCUT2D eigenvalue weighted by molar-refractivity contribution is 0.0883. The molecule has 4 nitrogen and oxygen atoms in total. The Labute approximate surface area is 146 Å². The van der Waals surface area contributed by atoms with E-state index >= 15 is 0 Å². The Bertz CT molecular complexity index is 804. The Kier molecular flexibility index (Phi) is 4.75. The van der Waals surface area contributed by atoms with Crippen LogP contribution in [0.25, 0.3) is 22.3 Å². The number of halogens is 1. The summed E-state index contributed by atoms with van der Waals surface area (Å²) in [6.45, 7) is 8.45. The molecule has 0 saturated heterocycles. The van der Waals surface area contributed by atoms with Crippen molar-refractivity contribution < 1.29 is 4.74 Å². The van der Waals surface area contributed by atoms with Crippen LogP contribution in [0.15, 0.2) is 41.3 Å². The molecule has 3 aromatic rings. The molecule has 3 rings (SSSR count). The van der Waals surface area contributed by atoms with E-state index in [4.69, 9.17) is 4.74 Å². The van der Waals surface area contributed by atoms with Crippen LogP contribution >= 0.6 is 15.9 Å². The van der Waals surface area contributed by atoms with Gasteiger partial charge in [0, 0.05) is 54.2 Å². The zero-order valence-corrected chi connectivity index (χ0v) is 16.4. The second kappa shape index (κ2) is 6.63. The van der Waals surface area contributed by atoms with E-state index in [0.29, 0.717) is 6.73 Å². The van der Waals surface area contributed by atoms with Gasteiger partial charge in [-0.25, -0.2) is 4.98 Å². The highest BCUT2D eigenvalue weighted by Crippen LogP contribution is 2.29. The van der Waals surface area contributed by atoms with Gasteiger partial charge in [0.15, 0.2) is 0 Å². The molecule has 6 heteroatoms. The lowest BCUT2D eigenvalue weighted by atomic mass is 10.1. The summed E-state index contributed by atoms with van der Waals surface area (Å²) in [6, 6.07) is 7.42. The Morgan fingerprint density at radius 1 is 1.30 bits per heavy atom. The minimum absolute atomic E-state index is 0.545. The number of hydrogen-bond acceptors (Lipinski definition) is 2. The van der Waals surface area contributed by atoms with Crippen LogP contribution in [0.5, 0.6) is 0 Å². The third-order valence-electron chi connectivity index (χ3n) is 3.83. The van der Waals surface area contributed by atoms with E-state index in [0.717, 1.165) is 28.0 Å². The van der Waals surface area contributed by atoms with Gasteiger partial charge in [0.2, 0.25) is 0 Å². The molecule has 0 amide bonds. The summed E-state index contributed by atoms with van der Waals surface area (Å²) in [4.78, 5) is 7.83. The molecule has 0 fully saturated rings. The van der Waals surface area contributed by atoms with Gasteiger partial charge in [0.05, 0.1) is 0 Å². The zero-order chi connectivity index (χ0) is 16.4. The minimum Gasteiger partial charge on any atom is -0.361 e. The third kappa shape index (κ3) is 3.94. The summed E-state index contributed by atoms with van der Waals surface area (Å²) < 4.78 is 8.99. The van der Waals surface area contributed by atoms with Crippen LogP contribution in [0, 0.1) is 0 Å². The standard InChI is InChI=1S/C17H22BrN3OSi/c1-23(2,3)9-8-22-12-21-7-6-19-17(21)15-11-20-16-10-13(18)4-5-14(15)16/h4-7,10-11,20H,8-9,12H2,1-3H3. The summed E-state index contributed by atoms with van der Waals surface area (Å²) in [5, 5.41) is 1.17. The van der Waals surface area contributed by atoms with Crippen LogP contribution in [-0.4, -0.2) is 29.2 Å². The number of aromatic nitrogens is 3. The number of hydrogen-bond donors (Lipinski definition) is 1. The fraction of sp³-hybridized carbons (Fsp3) is 0.353. The lowest BCUT2D eigenvalue weighted by Crippen LogP contribution is -2.22. The second-order valence-corrected chi connectivity index (χ2v) is 13.5. The largest absolute Gasteiger partial charge is 0.361 e. The minimum atomic E-state index is -1.05. The Morgan fingerprint density at radius 2 is 2.13 bits per heavy atom. The molecule has 0 aliphatic carbocycles. The quantitative estimate of drug-likeness (QED) is 0.468. The van der Waals surface area contributed by atoms with Crippen molar-refractivity contribution in [3.05, 3.63) is 41.3 Å². The van der Waals surface area contributed by atoms with Crippen molar-refractivity contribution in [2.45, 2.75) is 32.4 Å². The number of ether oxygens (including phenoxy) is 1. The van der Waals surface area contributed by atoms with Crippen molar-refractivity contribution in [2.75, 3.05) is 6.61 Å². The summed E-state index contributed by atoms with van der Waals surface area (Å²) in [5.74, 6) is 0.937. The van der Waals surface area contributed by atoms with Crippen molar-refractivity contribution in [1.82, 2.24) is 14.5 Å². The van der Waals surface area contributed by atoms with Crippen molar-refractivity contribution in [1.29, 1.82) is 0 Å². The highest BCUT2D eigenvalue weighted by Gasteiger charge is 2.14. The topological polar surface area (TPSA) is 42.8 Å². The van der Waals surface area contributed by atoms with Crippen molar-refractivity contribution >= 4 is 34.9 Å². The number of imidazole rings is 1. The molecule has 1 aromatic carbocycles.